The number of carbonyl (C=O) groups is 1. The number of halogens is 4. The van der Waals surface area contributed by atoms with Crippen LogP contribution in [-0.2, 0) is 30.3 Å². The van der Waals surface area contributed by atoms with Crippen LogP contribution in [0.1, 0.15) is 73.8 Å². The molecule has 2 N–H and O–H groups in total. The molecule has 39 heavy (non-hydrogen) atoms. The number of rotatable bonds is 5. The first-order valence-electron chi connectivity index (χ1n) is 13.6. The maximum Gasteiger partial charge on any atom is 0.416 e. The van der Waals surface area contributed by atoms with Gasteiger partial charge >= 0.3 is 12.2 Å². The lowest BCUT2D eigenvalue weighted by Gasteiger charge is -2.33. The van der Waals surface area contributed by atoms with E-state index in [4.69, 9.17) is 9.72 Å². The Balaban J connectivity index is 1.33. The second-order valence-corrected chi connectivity index (χ2v) is 11.5. The van der Waals surface area contributed by atoms with Crippen molar-refractivity contribution in [2.45, 2.75) is 82.7 Å². The summed E-state index contributed by atoms with van der Waals surface area (Å²) in [5, 5.41) is 6.36. The first-order valence-corrected chi connectivity index (χ1v) is 13.6. The summed E-state index contributed by atoms with van der Waals surface area (Å²) in [4.78, 5) is 24.4. The minimum absolute atomic E-state index is 0.0324. The van der Waals surface area contributed by atoms with Gasteiger partial charge in [0, 0.05) is 49.5 Å². The predicted molar refractivity (Wildman–Crippen MR) is 136 cm³/mol. The van der Waals surface area contributed by atoms with Gasteiger partial charge in [0.05, 0.1) is 23.8 Å². The fourth-order valence-electron chi connectivity index (χ4n) is 5.81. The summed E-state index contributed by atoms with van der Waals surface area (Å²) < 4.78 is 60.0. The summed E-state index contributed by atoms with van der Waals surface area (Å²) >= 11 is 0. The number of amides is 2. The van der Waals surface area contributed by atoms with Crippen LogP contribution >= 0.6 is 0 Å². The average molecular weight is 550 g/mol. The Morgan fingerprint density at radius 2 is 2.03 bits per heavy atom. The van der Waals surface area contributed by atoms with Crippen LogP contribution in [-0.4, -0.2) is 52.2 Å². The van der Waals surface area contributed by atoms with Crippen molar-refractivity contribution in [1.29, 1.82) is 0 Å². The molecule has 2 aromatic rings. The van der Waals surface area contributed by atoms with E-state index in [1.165, 1.54) is 0 Å². The molecule has 3 aliphatic heterocycles. The van der Waals surface area contributed by atoms with E-state index >= 15 is 4.39 Å². The van der Waals surface area contributed by atoms with Crippen LogP contribution in [0.5, 0.6) is 0 Å². The third kappa shape index (κ3) is 6.51. The molecule has 11 heteroatoms. The van der Waals surface area contributed by atoms with Crippen molar-refractivity contribution in [1.82, 2.24) is 25.5 Å². The first kappa shape index (κ1) is 27.8. The van der Waals surface area contributed by atoms with E-state index in [1.807, 2.05) is 20.0 Å². The molecule has 0 bridgehead atoms. The molecule has 2 atom stereocenters. The normalized spacial score (nSPS) is 22.4. The van der Waals surface area contributed by atoms with Crippen molar-refractivity contribution in [2.75, 3.05) is 19.8 Å². The lowest BCUT2D eigenvalue weighted by molar-refractivity contribution is -0.137. The molecule has 212 valence electrons. The number of hydrogen-bond donors (Lipinski definition) is 2. The van der Waals surface area contributed by atoms with E-state index < -0.39 is 29.6 Å². The van der Waals surface area contributed by atoms with Gasteiger partial charge in [-0.1, -0.05) is 6.07 Å². The van der Waals surface area contributed by atoms with Crippen LogP contribution in [0.4, 0.5) is 22.4 Å². The third-order valence-electron chi connectivity index (χ3n) is 8.10. The highest BCUT2D eigenvalue weighted by Crippen LogP contribution is 2.35. The molecule has 0 spiro atoms. The zero-order valence-corrected chi connectivity index (χ0v) is 22.3. The molecule has 2 saturated heterocycles. The van der Waals surface area contributed by atoms with Crippen LogP contribution in [0.3, 0.4) is 0 Å². The van der Waals surface area contributed by atoms with Gasteiger partial charge in [0.1, 0.15) is 11.6 Å². The fraction of sp³-hybridized carbons (Fsp3) is 0.607. The highest BCUT2D eigenvalue weighted by atomic mass is 19.4. The van der Waals surface area contributed by atoms with Gasteiger partial charge in [-0.25, -0.2) is 19.2 Å². The van der Waals surface area contributed by atoms with Crippen LogP contribution in [0, 0.1) is 11.7 Å². The number of alkyl halides is 3. The van der Waals surface area contributed by atoms with Crippen molar-refractivity contribution in [3.05, 3.63) is 58.4 Å². The molecule has 2 amide bonds. The Bertz CT molecular complexity index is 1200. The van der Waals surface area contributed by atoms with E-state index in [0.717, 1.165) is 68.1 Å². The molecular weight excluding hydrogens is 514 g/mol. The van der Waals surface area contributed by atoms with Crippen molar-refractivity contribution >= 4 is 6.03 Å². The maximum atomic E-state index is 15.1. The van der Waals surface area contributed by atoms with Crippen LogP contribution < -0.4 is 10.6 Å². The van der Waals surface area contributed by atoms with Gasteiger partial charge < -0.3 is 20.3 Å². The van der Waals surface area contributed by atoms with Crippen molar-refractivity contribution in [3.63, 3.8) is 0 Å². The number of urea groups is 1. The number of benzene rings is 1. The standard InChI is InChI=1S/C28H35F4N5O2/c1-27(2)9-5-22(36-27)25(20-4-3-19(14-21(20)29)28(30,31)32)35-26(38)37-10-6-18-15-33-24(34-23(18)16-37)13-17-7-11-39-12-8-17/h3-4,14-15,17,22,25,36H,5-13,16H2,1-2H3,(H,35,38)/t22?,25-/m0/s1. The van der Waals surface area contributed by atoms with E-state index in [2.05, 4.69) is 15.6 Å². The number of hydrogen-bond acceptors (Lipinski definition) is 5. The number of fused-ring (bicyclic) bond motifs is 1. The van der Waals surface area contributed by atoms with E-state index in [9.17, 15) is 18.0 Å². The van der Waals surface area contributed by atoms with Gasteiger partial charge in [-0.2, -0.15) is 13.2 Å². The highest BCUT2D eigenvalue weighted by molar-refractivity contribution is 5.75. The summed E-state index contributed by atoms with van der Waals surface area (Å²) in [7, 11) is 0. The van der Waals surface area contributed by atoms with Gasteiger partial charge in [0.25, 0.3) is 0 Å². The van der Waals surface area contributed by atoms with Gasteiger partial charge in [-0.05, 0) is 69.6 Å². The smallest absolute Gasteiger partial charge is 0.381 e. The van der Waals surface area contributed by atoms with Crippen molar-refractivity contribution in [3.8, 4) is 0 Å². The van der Waals surface area contributed by atoms with Gasteiger partial charge in [0.15, 0.2) is 0 Å². The molecule has 4 heterocycles. The molecule has 2 fully saturated rings. The molecule has 3 aliphatic rings. The summed E-state index contributed by atoms with van der Waals surface area (Å²) in [5.41, 5.74) is 0.533. The minimum Gasteiger partial charge on any atom is -0.381 e. The SMILES string of the molecule is CC1(C)CCC([C@@H](NC(=O)N2CCc3cnc(CC4CCOCC4)nc3C2)c2ccc(C(F)(F)F)cc2F)N1. The summed E-state index contributed by atoms with van der Waals surface area (Å²) in [6.45, 7) is 6.24. The minimum atomic E-state index is -4.65. The van der Waals surface area contributed by atoms with Crippen LogP contribution in [0.25, 0.3) is 0 Å². The molecule has 1 aromatic carbocycles. The summed E-state index contributed by atoms with van der Waals surface area (Å²) in [6, 6.07) is 0.935. The van der Waals surface area contributed by atoms with E-state index in [0.29, 0.717) is 31.4 Å². The Morgan fingerprint density at radius 3 is 2.69 bits per heavy atom. The Kier molecular flexibility index (Phi) is 7.83. The molecule has 5 rings (SSSR count). The van der Waals surface area contributed by atoms with Gasteiger partial charge in [-0.3, -0.25) is 0 Å². The Morgan fingerprint density at radius 1 is 1.26 bits per heavy atom. The maximum absolute atomic E-state index is 15.1. The molecule has 0 radical (unpaired) electrons. The molecular formula is C28H35F4N5O2. The van der Waals surface area contributed by atoms with Crippen molar-refractivity contribution < 1.29 is 27.1 Å². The van der Waals surface area contributed by atoms with E-state index in [1.54, 1.807) is 4.90 Å². The van der Waals surface area contributed by atoms with Gasteiger partial charge in [-0.15, -0.1) is 0 Å². The third-order valence-corrected chi connectivity index (χ3v) is 8.10. The number of nitrogens with one attached hydrogen (secondary N) is 2. The first-order chi connectivity index (χ1) is 18.5. The number of nitrogens with zero attached hydrogens (tertiary/aromatic N) is 3. The Labute approximate surface area is 225 Å². The molecule has 1 aromatic heterocycles. The number of carbonyl (C=O) groups excluding carboxylic acids is 1. The second-order valence-electron chi connectivity index (χ2n) is 11.5. The quantitative estimate of drug-likeness (QED) is 0.517. The monoisotopic (exact) mass is 549 g/mol. The largest absolute Gasteiger partial charge is 0.416 e. The fourth-order valence-corrected chi connectivity index (χ4v) is 5.81. The summed E-state index contributed by atoms with van der Waals surface area (Å²) in [5.74, 6) is 0.239. The number of aromatic nitrogens is 2. The van der Waals surface area contributed by atoms with Gasteiger partial charge in [0.2, 0.25) is 0 Å². The molecule has 1 unspecified atom stereocenters. The number of ether oxygens (including phenoxy) is 1. The van der Waals surface area contributed by atoms with E-state index in [-0.39, 0.29) is 23.7 Å². The lowest BCUT2D eigenvalue weighted by atomic mass is 9.95. The van der Waals surface area contributed by atoms with Crippen LogP contribution in [0.2, 0.25) is 0 Å². The molecule has 7 nitrogen and oxygen atoms in total. The molecule has 0 aliphatic carbocycles. The Hall–Kier alpha value is -2.79. The van der Waals surface area contributed by atoms with Crippen LogP contribution in [0.15, 0.2) is 24.4 Å². The zero-order valence-electron chi connectivity index (χ0n) is 22.3. The van der Waals surface area contributed by atoms with Crippen molar-refractivity contribution in [2.24, 2.45) is 5.92 Å². The zero-order chi connectivity index (χ0) is 27.8. The predicted octanol–water partition coefficient (Wildman–Crippen LogP) is 4.94. The second kappa shape index (κ2) is 11.0. The average Bonchev–Trinajstić information content (AvgIpc) is 3.26. The highest BCUT2D eigenvalue weighted by Gasteiger charge is 2.39. The lowest BCUT2D eigenvalue weighted by Crippen LogP contribution is -2.50. The summed E-state index contributed by atoms with van der Waals surface area (Å²) in [6.07, 6.45) is 1.93. The molecule has 0 saturated carbocycles. The topological polar surface area (TPSA) is 79.4 Å².